The van der Waals surface area contributed by atoms with Gasteiger partial charge in [-0.1, -0.05) is 27.2 Å². The number of nitrogens with zero attached hydrogens (tertiary/aromatic N) is 1. The van der Waals surface area contributed by atoms with Crippen molar-refractivity contribution in [3.8, 4) is 0 Å². The van der Waals surface area contributed by atoms with Crippen LogP contribution in [0.15, 0.2) is 0 Å². The van der Waals surface area contributed by atoms with E-state index in [0.29, 0.717) is 0 Å². The first-order valence-corrected chi connectivity index (χ1v) is 6.98. The Morgan fingerprint density at radius 2 is 1.81 bits per heavy atom. The molecule has 1 fully saturated rings. The van der Waals surface area contributed by atoms with Gasteiger partial charge in [-0.05, 0) is 32.1 Å². The van der Waals surface area contributed by atoms with Gasteiger partial charge in [0.2, 0.25) is 0 Å². The first kappa shape index (κ1) is 14.0. The van der Waals surface area contributed by atoms with Crippen LogP contribution in [0.3, 0.4) is 0 Å². The summed E-state index contributed by atoms with van der Waals surface area (Å²) in [5.74, 6) is 0.766. The zero-order chi connectivity index (χ0) is 12.0. The second-order valence-corrected chi connectivity index (χ2v) is 5.57. The summed E-state index contributed by atoms with van der Waals surface area (Å²) in [5.41, 5.74) is 0. The first-order chi connectivity index (χ1) is 7.65. The van der Waals surface area contributed by atoms with Gasteiger partial charge in [-0.15, -0.1) is 0 Å². The fourth-order valence-corrected chi connectivity index (χ4v) is 2.71. The van der Waals surface area contributed by atoms with Gasteiger partial charge in [0.05, 0.1) is 0 Å². The first-order valence-electron chi connectivity index (χ1n) is 6.98. The van der Waals surface area contributed by atoms with Crippen molar-refractivity contribution in [2.45, 2.75) is 65.5 Å². The number of hydrogen-bond acceptors (Lipinski definition) is 2. The molecule has 1 rings (SSSR count). The second kappa shape index (κ2) is 7.29. The van der Waals surface area contributed by atoms with E-state index in [1.807, 2.05) is 0 Å². The fourth-order valence-electron chi connectivity index (χ4n) is 2.71. The maximum atomic E-state index is 5.47. The summed E-state index contributed by atoms with van der Waals surface area (Å²) in [6.07, 6.45) is 5.06. The standard InChI is InChI=1S/C14H29NO/c1-5-6-13(4)15(11-12(2)3)14-7-9-16-10-8-14/h12-14H,5-11H2,1-4H3. The van der Waals surface area contributed by atoms with Crippen molar-refractivity contribution in [3.63, 3.8) is 0 Å². The van der Waals surface area contributed by atoms with Gasteiger partial charge in [0.25, 0.3) is 0 Å². The molecule has 0 saturated carbocycles. The van der Waals surface area contributed by atoms with E-state index in [1.165, 1.54) is 32.2 Å². The molecule has 0 spiro atoms. The van der Waals surface area contributed by atoms with E-state index in [4.69, 9.17) is 4.74 Å². The van der Waals surface area contributed by atoms with Gasteiger partial charge in [-0.25, -0.2) is 0 Å². The van der Waals surface area contributed by atoms with Crippen molar-refractivity contribution in [2.24, 2.45) is 5.92 Å². The van der Waals surface area contributed by atoms with Gasteiger partial charge in [0, 0.05) is 31.8 Å². The molecule has 0 aromatic heterocycles. The predicted molar refractivity (Wildman–Crippen MR) is 69.8 cm³/mol. The molecule has 0 N–H and O–H groups in total. The Bertz CT molecular complexity index is 176. The molecule has 0 radical (unpaired) electrons. The Morgan fingerprint density at radius 1 is 1.19 bits per heavy atom. The van der Waals surface area contributed by atoms with Crippen molar-refractivity contribution in [1.29, 1.82) is 0 Å². The van der Waals surface area contributed by atoms with Crippen LogP contribution in [0.25, 0.3) is 0 Å². The summed E-state index contributed by atoms with van der Waals surface area (Å²) < 4.78 is 5.47. The van der Waals surface area contributed by atoms with Gasteiger partial charge in [-0.2, -0.15) is 0 Å². The minimum Gasteiger partial charge on any atom is -0.381 e. The molecule has 2 heteroatoms. The van der Waals surface area contributed by atoms with Gasteiger partial charge >= 0.3 is 0 Å². The molecule has 0 bridgehead atoms. The summed E-state index contributed by atoms with van der Waals surface area (Å²) in [6, 6.07) is 1.49. The Hall–Kier alpha value is -0.0800. The lowest BCUT2D eigenvalue weighted by atomic mass is 10.0. The van der Waals surface area contributed by atoms with Crippen molar-refractivity contribution in [2.75, 3.05) is 19.8 Å². The highest BCUT2D eigenvalue weighted by atomic mass is 16.5. The van der Waals surface area contributed by atoms with Gasteiger partial charge in [0.15, 0.2) is 0 Å². The zero-order valence-corrected chi connectivity index (χ0v) is 11.5. The topological polar surface area (TPSA) is 12.5 Å². The highest BCUT2D eigenvalue weighted by Gasteiger charge is 2.25. The molecule has 16 heavy (non-hydrogen) atoms. The third-order valence-electron chi connectivity index (χ3n) is 3.51. The van der Waals surface area contributed by atoms with Crippen molar-refractivity contribution in [1.82, 2.24) is 4.90 Å². The van der Waals surface area contributed by atoms with E-state index in [2.05, 4.69) is 32.6 Å². The SMILES string of the molecule is CCCC(C)N(CC(C)C)C1CCOCC1. The van der Waals surface area contributed by atoms with Crippen LogP contribution in [-0.4, -0.2) is 36.7 Å². The van der Waals surface area contributed by atoms with E-state index in [9.17, 15) is 0 Å². The van der Waals surface area contributed by atoms with Crippen LogP contribution in [0.4, 0.5) is 0 Å². The molecule has 0 aliphatic carbocycles. The quantitative estimate of drug-likeness (QED) is 0.690. The summed E-state index contributed by atoms with van der Waals surface area (Å²) >= 11 is 0. The van der Waals surface area contributed by atoms with Crippen LogP contribution in [0.1, 0.15) is 53.4 Å². The van der Waals surface area contributed by atoms with Crippen LogP contribution in [0.2, 0.25) is 0 Å². The molecule has 1 saturated heterocycles. The largest absolute Gasteiger partial charge is 0.381 e. The highest BCUT2D eigenvalue weighted by Crippen LogP contribution is 2.20. The van der Waals surface area contributed by atoms with Crippen molar-refractivity contribution >= 4 is 0 Å². The summed E-state index contributed by atoms with van der Waals surface area (Å²) in [5, 5.41) is 0. The Labute approximate surface area is 101 Å². The Morgan fingerprint density at radius 3 is 2.31 bits per heavy atom. The second-order valence-electron chi connectivity index (χ2n) is 5.57. The monoisotopic (exact) mass is 227 g/mol. The normalized spacial score (nSPS) is 20.6. The average molecular weight is 227 g/mol. The number of ether oxygens (including phenoxy) is 1. The maximum Gasteiger partial charge on any atom is 0.0480 e. The predicted octanol–water partition coefficient (Wildman–Crippen LogP) is 3.31. The van der Waals surface area contributed by atoms with Crippen LogP contribution >= 0.6 is 0 Å². The summed E-state index contributed by atoms with van der Waals surface area (Å²) in [6.45, 7) is 12.5. The molecule has 1 atom stereocenters. The molecular weight excluding hydrogens is 198 g/mol. The lowest BCUT2D eigenvalue weighted by molar-refractivity contribution is 0.0130. The molecule has 2 nitrogen and oxygen atoms in total. The molecule has 1 heterocycles. The number of rotatable bonds is 6. The van der Waals surface area contributed by atoms with Crippen molar-refractivity contribution < 1.29 is 4.74 Å². The fraction of sp³-hybridized carbons (Fsp3) is 1.00. The van der Waals surface area contributed by atoms with Crippen LogP contribution in [0, 0.1) is 5.92 Å². The molecule has 1 aliphatic heterocycles. The van der Waals surface area contributed by atoms with E-state index in [1.54, 1.807) is 0 Å². The van der Waals surface area contributed by atoms with Gasteiger partial charge in [0.1, 0.15) is 0 Å². The third-order valence-corrected chi connectivity index (χ3v) is 3.51. The number of hydrogen-bond donors (Lipinski definition) is 0. The molecule has 1 aliphatic rings. The average Bonchev–Trinajstić information content (AvgIpc) is 2.27. The summed E-state index contributed by atoms with van der Waals surface area (Å²) in [7, 11) is 0. The zero-order valence-electron chi connectivity index (χ0n) is 11.5. The van der Waals surface area contributed by atoms with Crippen LogP contribution in [-0.2, 0) is 4.74 Å². The maximum absolute atomic E-state index is 5.47. The third kappa shape index (κ3) is 4.42. The molecule has 0 aromatic carbocycles. The van der Waals surface area contributed by atoms with E-state index < -0.39 is 0 Å². The smallest absolute Gasteiger partial charge is 0.0480 e. The summed E-state index contributed by atoms with van der Waals surface area (Å²) in [4.78, 5) is 2.73. The van der Waals surface area contributed by atoms with E-state index in [0.717, 1.165) is 31.2 Å². The molecule has 96 valence electrons. The van der Waals surface area contributed by atoms with Gasteiger partial charge < -0.3 is 4.74 Å². The molecule has 0 amide bonds. The van der Waals surface area contributed by atoms with Crippen molar-refractivity contribution in [3.05, 3.63) is 0 Å². The molecular formula is C14H29NO. The Balaban J connectivity index is 2.53. The van der Waals surface area contributed by atoms with Crippen LogP contribution in [0.5, 0.6) is 0 Å². The lowest BCUT2D eigenvalue weighted by Crippen LogP contribution is -2.46. The minimum atomic E-state index is 0.732. The minimum absolute atomic E-state index is 0.732. The lowest BCUT2D eigenvalue weighted by Gasteiger charge is -2.39. The van der Waals surface area contributed by atoms with E-state index >= 15 is 0 Å². The van der Waals surface area contributed by atoms with Crippen LogP contribution < -0.4 is 0 Å². The highest BCUT2D eigenvalue weighted by molar-refractivity contribution is 4.79. The molecule has 0 aromatic rings. The Kier molecular flexibility index (Phi) is 6.37. The molecule has 1 unspecified atom stereocenters. The van der Waals surface area contributed by atoms with Gasteiger partial charge in [-0.3, -0.25) is 4.90 Å². The van der Waals surface area contributed by atoms with E-state index in [-0.39, 0.29) is 0 Å².